The fraction of sp³-hybridized carbons (Fsp3) is 0.125. The van der Waals surface area contributed by atoms with Crippen LogP contribution in [-0.4, -0.2) is 9.97 Å². The maximum Gasteiger partial charge on any atom is 0.325 e. The van der Waals surface area contributed by atoms with Gasteiger partial charge in [0.15, 0.2) is 0 Å². The molecule has 1 atom stereocenters. The predicted octanol–water partition coefficient (Wildman–Crippen LogP) is -0.144. The van der Waals surface area contributed by atoms with E-state index in [2.05, 4.69) is 11.6 Å². The Morgan fingerprint density at radius 2 is 2.31 bits per heavy atom. The number of aromatic nitrogens is 2. The lowest BCUT2D eigenvalue weighted by atomic mass is 10.0. The van der Waals surface area contributed by atoms with Crippen molar-refractivity contribution >= 4 is 0 Å². The molecule has 66 valence electrons. The molecule has 1 aromatic rings. The van der Waals surface area contributed by atoms with E-state index in [1.165, 1.54) is 12.3 Å². The molecule has 1 heterocycles. The lowest BCUT2D eigenvalue weighted by Crippen LogP contribution is -2.25. The Morgan fingerprint density at radius 1 is 1.62 bits per heavy atom. The van der Waals surface area contributed by atoms with E-state index < -0.39 is 17.2 Å². The van der Waals surface area contributed by atoms with Crippen LogP contribution in [0.4, 0.5) is 0 Å². The van der Waals surface area contributed by atoms with Crippen LogP contribution in [-0.2, 0) is 0 Å². The van der Waals surface area contributed by atoms with Gasteiger partial charge in [-0.15, -0.1) is 6.58 Å². The molecule has 0 fully saturated rings. The fourth-order valence-electron chi connectivity index (χ4n) is 0.900. The maximum atomic E-state index is 11.1. The lowest BCUT2D eigenvalue weighted by molar-refractivity contribution is 0.947. The van der Waals surface area contributed by atoms with E-state index in [1.54, 1.807) is 0 Å². The van der Waals surface area contributed by atoms with Crippen molar-refractivity contribution in [2.75, 3.05) is 0 Å². The van der Waals surface area contributed by atoms with Crippen LogP contribution in [0.3, 0.4) is 0 Å². The highest BCUT2D eigenvalue weighted by molar-refractivity contribution is 5.23. The molecule has 2 N–H and O–H groups in total. The summed E-state index contributed by atoms with van der Waals surface area (Å²) in [7, 11) is 0. The van der Waals surface area contributed by atoms with E-state index in [0.717, 1.165) is 0 Å². The van der Waals surface area contributed by atoms with Gasteiger partial charge in [0.2, 0.25) is 0 Å². The monoisotopic (exact) mass is 177 g/mol. The zero-order chi connectivity index (χ0) is 9.84. The summed E-state index contributed by atoms with van der Waals surface area (Å²) in [6.07, 6.45) is 2.56. The Labute approximate surface area is 73.4 Å². The Kier molecular flexibility index (Phi) is 2.45. The molecule has 0 aromatic carbocycles. The minimum atomic E-state index is -0.694. The van der Waals surface area contributed by atoms with Crippen LogP contribution < -0.4 is 11.2 Å². The number of allylic oxidation sites excluding steroid dienone is 1. The average molecular weight is 177 g/mol. The van der Waals surface area contributed by atoms with Crippen LogP contribution in [0, 0.1) is 11.3 Å². The number of nitrogens with one attached hydrogen (secondary N) is 2. The van der Waals surface area contributed by atoms with Gasteiger partial charge in [0.05, 0.1) is 17.6 Å². The van der Waals surface area contributed by atoms with Crippen molar-refractivity contribution in [1.29, 1.82) is 5.26 Å². The molecule has 1 unspecified atom stereocenters. The first kappa shape index (κ1) is 9.00. The van der Waals surface area contributed by atoms with Crippen molar-refractivity contribution in [2.45, 2.75) is 5.92 Å². The Morgan fingerprint density at radius 3 is 2.77 bits per heavy atom. The summed E-state index contributed by atoms with van der Waals surface area (Å²) >= 11 is 0. The molecule has 5 heteroatoms. The number of hydrogen-bond donors (Lipinski definition) is 2. The second-order valence-electron chi connectivity index (χ2n) is 2.37. The molecule has 0 aliphatic rings. The van der Waals surface area contributed by atoms with E-state index in [0.29, 0.717) is 0 Å². The number of H-pyrrole nitrogens is 2. The van der Waals surface area contributed by atoms with Crippen molar-refractivity contribution in [1.82, 2.24) is 9.97 Å². The normalized spacial score (nSPS) is 11.6. The molecule has 0 bridgehead atoms. The lowest BCUT2D eigenvalue weighted by Gasteiger charge is -1.99. The number of aromatic amines is 2. The zero-order valence-corrected chi connectivity index (χ0v) is 6.70. The number of hydrogen-bond acceptors (Lipinski definition) is 3. The van der Waals surface area contributed by atoms with E-state index in [9.17, 15) is 9.59 Å². The van der Waals surface area contributed by atoms with Crippen molar-refractivity contribution in [3.05, 3.63) is 45.3 Å². The zero-order valence-electron chi connectivity index (χ0n) is 6.70. The quantitative estimate of drug-likeness (QED) is 0.616. The summed E-state index contributed by atoms with van der Waals surface area (Å²) in [4.78, 5) is 26.0. The SMILES string of the molecule is C=CC(C#N)c1c[nH]c(=O)[nH]c1=O. The van der Waals surface area contributed by atoms with Crippen LogP contribution in [0.1, 0.15) is 11.5 Å². The first-order valence-electron chi connectivity index (χ1n) is 3.53. The van der Waals surface area contributed by atoms with Crippen LogP contribution in [0.2, 0.25) is 0 Å². The highest BCUT2D eigenvalue weighted by Gasteiger charge is 2.09. The van der Waals surface area contributed by atoms with Crippen LogP contribution in [0.25, 0.3) is 0 Å². The second kappa shape index (κ2) is 3.54. The van der Waals surface area contributed by atoms with E-state index in [4.69, 9.17) is 5.26 Å². The summed E-state index contributed by atoms with van der Waals surface area (Å²) in [5.74, 6) is -0.694. The van der Waals surface area contributed by atoms with Gasteiger partial charge in [-0.05, 0) is 0 Å². The first-order chi connectivity index (χ1) is 6.19. The molecule has 1 aromatic heterocycles. The molecule has 13 heavy (non-hydrogen) atoms. The van der Waals surface area contributed by atoms with Crippen molar-refractivity contribution in [2.24, 2.45) is 0 Å². The van der Waals surface area contributed by atoms with Gasteiger partial charge in [-0.25, -0.2) is 4.79 Å². The van der Waals surface area contributed by atoms with Gasteiger partial charge in [-0.2, -0.15) is 5.26 Å². The highest BCUT2D eigenvalue weighted by atomic mass is 16.2. The molecule has 0 spiro atoms. The van der Waals surface area contributed by atoms with Crippen molar-refractivity contribution in [3.8, 4) is 6.07 Å². The molecule has 0 saturated heterocycles. The van der Waals surface area contributed by atoms with Gasteiger partial charge < -0.3 is 4.98 Å². The summed E-state index contributed by atoms with van der Waals surface area (Å²) in [6.45, 7) is 3.40. The smallest absolute Gasteiger partial charge is 0.314 e. The van der Waals surface area contributed by atoms with Crippen molar-refractivity contribution in [3.63, 3.8) is 0 Å². The predicted molar refractivity (Wildman–Crippen MR) is 46.2 cm³/mol. The summed E-state index contributed by atoms with van der Waals surface area (Å²) in [5, 5.41) is 8.61. The van der Waals surface area contributed by atoms with Gasteiger partial charge in [0, 0.05) is 6.20 Å². The number of nitrogens with zero attached hydrogens (tertiary/aromatic N) is 1. The second-order valence-corrected chi connectivity index (χ2v) is 2.37. The average Bonchev–Trinajstić information content (AvgIpc) is 2.10. The summed E-state index contributed by atoms with van der Waals surface area (Å²) in [5.41, 5.74) is -0.957. The van der Waals surface area contributed by atoms with Gasteiger partial charge in [-0.3, -0.25) is 9.78 Å². The van der Waals surface area contributed by atoms with Crippen molar-refractivity contribution < 1.29 is 0 Å². The van der Waals surface area contributed by atoms with Crippen LogP contribution >= 0.6 is 0 Å². The number of rotatable bonds is 2. The molecule has 0 radical (unpaired) electrons. The fourth-order valence-corrected chi connectivity index (χ4v) is 0.900. The van der Waals surface area contributed by atoms with E-state index >= 15 is 0 Å². The van der Waals surface area contributed by atoms with Gasteiger partial charge in [0.25, 0.3) is 5.56 Å². The number of nitriles is 1. The Balaban J connectivity index is 3.32. The molecule has 0 aliphatic carbocycles. The van der Waals surface area contributed by atoms with Crippen LogP contribution in [0.5, 0.6) is 0 Å². The largest absolute Gasteiger partial charge is 0.325 e. The standard InChI is InChI=1S/C8H7N3O2/c1-2-5(3-9)6-4-10-8(13)11-7(6)12/h2,4-5H,1H2,(H2,10,11,12,13). The Hall–Kier alpha value is -2.09. The molecular weight excluding hydrogens is 170 g/mol. The highest BCUT2D eigenvalue weighted by Crippen LogP contribution is 2.08. The minimum absolute atomic E-state index is 0.192. The minimum Gasteiger partial charge on any atom is -0.314 e. The Bertz CT molecular complexity index is 463. The van der Waals surface area contributed by atoms with Crippen LogP contribution in [0.15, 0.2) is 28.4 Å². The summed E-state index contributed by atoms with van der Waals surface area (Å²) in [6, 6.07) is 1.87. The molecule has 1 rings (SSSR count). The summed E-state index contributed by atoms with van der Waals surface area (Å²) < 4.78 is 0. The van der Waals surface area contributed by atoms with Gasteiger partial charge in [0.1, 0.15) is 0 Å². The third-order valence-corrected chi connectivity index (χ3v) is 1.56. The molecule has 5 nitrogen and oxygen atoms in total. The van der Waals surface area contributed by atoms with Gasteiger partial charge >= 0.3 is 5.69 Å². The molecule has 0 amide bonds. The first-order valence-corrected chi connectivity index (χ1v) is 3.53. The third-order valence-electron chi connectivity index (χ3n) is 1.56. The topological polar surface area (TPSA) is 89.5 Å². The van der Waals surface area contributed by atoms with E-state index in [1.807, 2.05) is 11.1 Å². The third kappa shape index (κ3) is 1.73. The maximum absolute atomic E-state index is 11.1. The molecule has 0 saturated carbocycles. The molecular formula is C8H7N3O2. The van der Waals surface area contributed by atoms with Gasteiger partial charge in [-0.1, -0.05) is 6.08 Å². The molecule has 0 aliphatic heterocycles. The van der Waals surface area contributed by atoms with E-state index in [-0.39, 0.29) is 5.56 Å².